The van der Waals surface area contributed by atoms with Crippen LogP contribution in [0, 0.1) is 16.0 Å². The first-order chi connectivity index (χ1) is 12.6. The molecule has 2 aromatic rings. The Morgan fingerprint density at radius 1 is 1.31 bits per heavy atom. The summed E-state index contributed by atoms with van der Waals surface area (Å²) in [5.74, 6) is 1.05. The topological polar surface area (TPSA) is 84.7 Å². The summed E-state index contributed by atoms with van der Waals surface area (Å²) in [7, 11) is 1.89. The van der Waals surface area contributed by atoms with Crippen molar-refractivity contribution >= 4 is 11.6 Å². The zero-order chi connectivity index (χ0) is 18.5. The molecule has 1 saturated heterocycles. The Bertz CT molecular complexity index is 795. The fraction of sp³-hybridized carbons (Fsp3) is 0.316. The number of nitrogens with zero attached hydrogens (tertiary/aromatic N) is 2. The molecule has 0 bridgehead atoms. The van der Waals surface area contributed by atoms with Gasteiger partial charge in [0.05, 0.1) is 10.5 Å². The first-order valence-corrected chi connectivity index (χ1v) is 8.53. The number of non-ortho nitro benzene ring substituents is 1. The zero-order valence-corrected chi connectivity index (χ0v) is 14.6. The molecule has 0 aliphatic carbocycles. The number of para-hydroxylation sites is 1. The minimum atomic E-state index is -0.503. The predicted octanol–water partition coefficient (Wildman–Crippen LogP) is 3.07. The van der Waals surface area contributed by atoms with Crippen LogP contribution in [0.1, 0.15) is 16.8 Å². The smallest absolute Gasteiger partial charge is 0.270 e. The number of likely N-dealkylation sites (tertiary alicyclic amines) is 1. The molecule has 0 spiro atoms. The normalized spacial score (nSPS) is 16.5. The van der Waals surface area contributed by atoms with Gasteiger partial charge < -0.3 is 15.0 Å². The Morgan fingerprint density at radius 3 is 2.77 bits per heavy atom. The molecule has 1 aliphatic heterocycles. The van der Waals surface area contributed by atoms with E-state index in [-0.39, 0.29) is 17.2 Å². The van der Waals surface area contributed by atoms with Crippen LogP contribution >= 0.6 is 0 Å². The standard InChI is InChI=1S/C19H21N3O4/c1-20-12-14-9-10-21(13-14)19(23)17-11-15(22(24)25)7-8-18(17)26-16-5-3-2-4-6-16/h2-8,11,14,20H,9-10,12-13H2,1H3. The quantitative estimate of drug-likeness (QED) is 0.636. The van der Waals surface area contributed by atoms with Gasteiger partial charge in [0.1, 0.15) is 11.5 Å². The molecule has 7 nitrogen and oxygen atoms in total. The number of benzene rings is 2. The highest BCUT2D eigenvalue weighted by Gasteiger charge is 2.29. The van der Waals surface area contributed by atoms with Crippen LogP contribution in [0.4, 0.5) is 5.69 Å². The van der Waals surface area contributed by atoms with Crippen LogP contribution in [0.2, 0.25) is 0 Å². The molecule has 1 atom stereocenters. The summed E-state index contributed by atoms with van der Waals surface area (Å²) in [4.78, 5) is 25.4. The number of hydrogen-bond donors (Lipinski definition) is 1. The largest absolute Gasteiger partial charge is 0.457 e. The van der Waals surface area contributed by atoms with Gasteiger partial charge in [0, 0.05) is 25.2 Å². The van der Waals surface area contributed by atoms with Crippen molar-refractivity contribution in [3.05, 3.63) is 64.2 Å². The lowest BCUT2D eigenvalue weighted by atomic mass is 10.1. The van der Waals surface area contributed by atoms with E-state index in [9.17, 15) is 14.9 Å². The Kier molecular flexibility index (Phi) is 5.48. The highest BCUT2D eigenvalue weighted by atomic mass is 16.6. The van der Waals surface area contributed by atoms with Crippen molar-refractivity contribution in [3.8, 4) is 11.5 Å². The number of nitro benzene ring substituents is 1. The van der Waals surface area contributed by atoms with Gasteiger partial charge in [-0.1, -0.05) is 18.2 Å². The van der Waals surface area contributed by atoms with E-state index < -0.39 is 4.92 Å². The summed E-state index contributed by atoms with van der Waals surface area (Å²) in [6.45, 7) is 2.11. The third kappa shape index (κ3) is 4.00. The molecule has 1 N–H and O–H groups in total. The summed E-state index contributed by atoms with van der Waals surface area (Å²) in [6, 6.07) is 13.2. The van der Waals surface area contributed by atoms with Crippen LogP contribution in [-0.2, 0) is 0 Å². The lowest BCUT2D eigenvalue weighted by Crippen LogP contribution is -2.30. The van der Waals surface area contributed by atoms with Gasteiger partial charge in [-0.15, -0.1) is 0 Å². The highest BCUT2D eigenvalue weighted by molar-refractivity contribution is 5.98. The van der Waals surface area contributed by atoms with E-state index in [4.69, 9.17) is 4.74 Å². The Labute approximate surface area is 151 Å². The second-order valence-corrected chi connectivity index (χ2v) is 6.32. The fourth-order valence-electron chi connectivity index (χ4n) is 3.15. The molecule has 7 heteroatoms. The summed E-state index contributed by atoms with van der Waals surface area (Å²) in [5, 5.41) is 14.3. The first-order valence-electron chi connectivity index (χ1n) is 8.53. The lowest BCUT2D eigenvalue weighted by molar-refractivity contribution is -0.384. The Balaban J connectivity index is 1.88. The van der Waals surface area contributed by atoms with Gasteiger partial charge in [-0.05, 0) is 44.1 Å². The Hall–Kier alpha value is -2.93. The van der Waals surface area contributed by atoms with E-state index in [0.717, 1.165) is 13.0 Å². The number of nitro groups is 1. The number of hydrogen-bond acceptors (Lipinski definition) is 5. The maximum atomic E-state index is 13.0. The SMILES string of the molecule is CNCC1CCN(C(=O)c2cc([N+](=O)[O-])ccc2Oc2ccccc2)C1. The van der Waals surface area contributed by atoms with Crippen molar-refractivity contribution in [3.63, 3.8) is 0 Å². The van der Waals surface area contributed by atoms with Crippen LogP contribution in [-0.4, -0.2) is 42.4 Å². The number of carbonyl (C=O) groups is 1. The lowest BCUT2D eigenvalue weighted by Gasteiger charge is -2.18. The molecule has 0 aromatic heterocycles. The minimum Gasteiger partial charge on any atom is -0.457 e. The third-order valence-electron chi connectivity index (χ3n) is 4.44. The molecule has 3 rings (SSSR count). The number of carbonyl (C=O) groups excluding carboxylic acids is 1. The van der Waals surface area contributed by atoms with Crippen molar-refractivity contribution in [1.82, 2.24) is 10.2 Å². The maximum Gasteiger partial charge on any atom is 0.270 e. The van der Waals surface area contributed by atoms with Crippen LogP contribution in [0.25, 0.3) is 0 Å². The Morgan fingerprint density at radius 2 is 2.08 bits per heavy atom. The van der Waals surface area contributed by atoms with Gasteiger partial charge in [-0.25, -0.2) is 0 Å². The summed E-state index contributed by atoms with van der Waals surface area (Å²) < 4.78 is 5.82. The van der Waals surface area contributed by atoms with Crippen molar-refractivity contribution in [2.45, 2.75) is 6.42 Å². The van der Waals surface area contributed by atoms with E-state index in [2.05, 4.69) is 5.32 Å². The van der Waals surface area contributed by atoms with Crippen LogP contribution < -0.4 is 10.1 Å². The molecule has 1 amide bonds. The number of ether oxygens (including phenoxy) is 1. The van der Waals surface area contributed by atoms with Gasteiger partial charge in [-0.2, -0.15) is 0 Å². The van der Waals surface area contributed by atoms with Crippen LogP contribution in [0.3, 0.4) is 0 Å². The van der Waals surface area contributed by atoms with E-state index in [1.165, 1.54) is 18.2 Å². The van der Waals surface area contributed by atoms with Crippen molar-refractivity contribution < 1.29 is 14.5 Å². The molecule has 1 aliphatic rings. The molecule has 0 saturated carbocycles. The minimum absolute atomic E-state index is 0.125. The fourth-order valence-corrected chi connectivity index (χ4v) is 3.15. The van der Waals surface area contributed by atoms with E-state index in [1.54, 1.807) is 17.0 Å². The van der Waals surface area contributed by atoms with Gasteiger partial charge in [0.25, 0.3) is 11.6 Å². The molecule has 26 heavy (non-hydrogen) atoms. The van der Waals surface area contributed by atoms with Gasteiger partial charge in [-0.3, -0.25) is 14.9 Å². The average molecular weight is 355 g/mol. The van der Waals surface area contributed by atoms with Crippen LogP contribution in [0.15, 0.2) is 48.5 Å². The second-order valence-electron chi connectivity index (χ2n) is 6.32. The molecule has 2 aromatic carbocycles. The van der Waals surface area contributed by atoms with E-state index in [0.29, 0.717) is 30.5 Å². The van der Waals surface area contributed by atoms with Gasteiger partial charge >= 0.3 is 0 Å². The van der Waals surface area contributed by atoms with E-state index in [1.807, 2.05) is 25.2 Å². The molecular formula is C19H21N3O4. The number of rotatable bonds is 6. The highest BCUT2D eigenvalue weighted by Crippen LogP contribution is 2.31. The van der Waals surface area contributed by atoms with Gasteiger partial charge in [0.2, 0.25) is 0 Å². The summed E-state index contributed by atoms with van der Waals surface area (Å²) >= 11 is 0. The number of amides is 1. The summed E-state index contributed by atoms with van der Waals surface area (Å²) in [5.41, 5.74) is 0.0906. The third-order valence-corrected chi connectivity index (χ3v) is 4.44. The van der Waals surface area contributed by atoms with Gasteiger partial charge in [0.15, 0.2) is 0 Å². The molecule has 136 valence electrons. The maximum absolute atomic E-state index is 13.0. The number of nitrogens with one attached hydrogen (secondary N) is 1. The average Bonchev–Trinajstić information content (AvgIpc) is 3.11. The molecular weight excluding hydrogens is 334 g/mol. The molecule has 0 radical (unpaired) electrons. The molecule has 1 unspecified atom stereocenters. The zero-order valence-electron chi connectivity index (χ0n) is 14.6. The van der Waals surface area contributed by atoms with Crippen LogP contribution in [0.5, 0.6) is 11.5 Å². The molecule has 1 fully saturated rings. The summed E-state index contributed by atoms with van der Waals surface area (Å²) in [6.07, 6.45) is 0.913. The van der Waals surface area contributed by atoms with Crippen molar-refractivity contribution in [2.75, 3.05) is 26.7 Å². The predicted molar refractivity (Wildman–Crippen MR) is 97.5 cm³/mol. The van der Waals surface area contributed by atoms with Crippen molar-refractivity contribution in [2.24, 2.45) is 5.92 Å². The second kappa shape index (κ2) is 7.97. The first kappa shape index (κ1) is 17.9. The van der Waals surface area contributed by atoms with E-state index >= 15 is 0 Å². The van der Waals surface area contributed by atoms with Crippen molar-refractivity contribution in [1.29, 1.82) is 0 Å². The monoisotopic (exact) mass is 355 g/mol. The molecule has 1 heterocycles.